The Bertz CT molecular complexity index is 1260. The summed E-state index contributed by atoms with van der Waals surface area (Å²) in [4.78, 5) is 29.4. The topological polar surface area (TPSA) is 54.8 Å². The zero-order chi connectivity index (χ0) is 24.5. The molecule has 3 atom stereocenters. The van der Waals surface area contributed by atoms with E-state index in [9.17, 15) is 9.59 Å². The van der Waals surface area contributed by atoms with E-state index in [1.54, 1.807) is 6.20 Å². The van der Waals surface area contributed by atoms with E-state index < -0.39 is 0 Å². The van der Waals surface area contributed by atoms with E-state index in [-0.39, 0.29) is 29.3 Å². The van der Waals surface area contributed by atoms with Gasteiger partial charge in [0, 0.05) is 29.5 Å². The first kappa shape index (κ1) is 24.0. The first-order valence-electron chi connectivity index (χ1n) is 12.2. The van der Waals surface area contributed by atoms with Crippen molar-refractivity contribution in [2.75, 3.05) is 11.6 Å². The highest BCUT2D eigenvalue weighted by atomic mass is 32.2. The summed E-state index contributed by atoms with van der Waals surface area (Å²) in [6, 6.07) is 18.5. The summed E-state index contributed by atoms with van der Waals surface area (Å²) in [7, 11) is 2.14. The molecule has 0 bridgehead atoms. The Hall–Kier alpha value is -2.76. The van der Waals surface area contributed by atoms with Gasteiger partial charge in [0.15, 0.2) is 5.69 Å². The fourth-order valence-corrected chi connectivity index (χ4v) is 6.71. The number of rotatable bonds is 2. The molecule has 0 N–H and O–H groups in total. The lowest BCUT2D eigenvalue weighted by molar-refractivity contribution is 0.0465. The van der Waals surface area contributed by atoms with Crippen molar-refractivity contribution in [2.24, 2.45) is 0 Å². The summed E-state index contributed by atoms with van der Waals surface area (Å²) in [6.45, 7) is 4.67. The number of hydrogen-bond acceptors (Lipinski definition) is 5. The third-order valence-electron chi connectivity index (χ3n) is 6.85. The second kappa shape index (κ2) is 10.1. The van der Waals surface area contributed by atoms with Crippen LogP contribution in [0.5, 0.6) is 5.75 Å². The van der Waals surface area contributed by atoms with Crippen molar-refractivity contribution < 1.29 is 9.32 Å². The van der Waals surface area contributed by atoms with E-state index in [0.29, 0.717) is 12.2 Å². The van der Waals surface area contributed by atoms with Gasteiger partial charge in [-0.3, -0.25) is 19.3 Å². The molecule has 182 valence electrons. The monoisotopic (exact) mass is 507 g/mol. The Morgan fingerprint density at radius 1 is 0.971 bits per heavy atom. The zero-order valence-electron chi connectivity index (χ0n) is 20.0. The van der Waals surface area contributed by atoms with Crippen LogP contribution >= 0.6 is 21.2 Å². The molecule has 0 aliphatic carbocycles. The van der Waals surface area contributed by atoms with Crippen LogP contribution in [0.15, 0.2) is 70.5 Å². The molecular weight excluding hydrogens is 477 g/mol. The fourth-order valence-electron chi connectivity index (χ4n) is 5.39. The number of thioether (sulfide) groups is 1. The largest absolute Gasteiger partial charge is 0.474 e. The number of nitrogens with zero attached hydrogens (tertiary/aromatic N) is 3. The van der Waals surface area contributed by atoms with Gasteiger partial charge in [0.25, 0.3) is 5.91 Å². The Morgan fingerprint density at radius 2 is 1.71 bits per heavy atom. The predicted octanol–water partition coefficient (Wildman–Crippen LogP) is 5.34. The average Bonchev–Trinajstić information content (AvgIpc) is 3.07. The van der Waals surface area contributed by atoms with Gasteiger partial charge in [-0.05, 0) is 42.0 Å². The predicted molar refractivity (Wildman–Crippen MR) is 144 cm³/mol. The molecule has 6 rings (SSSR count). The van der Waals surface area contributed by atoms with Crippen molar-refractivity contribution in [2.45, 2.75) is 56.0 Å². The first-order chi connectivity index (χ1) is 17.2. The molecule has 1 aromatic heterocycles. The fraction of sp³-hybridized carbons (Fsp3) is 0.333. The molecule has 1 unspecified atom stereocenters. The van der Waals surface area contributed by atoms with Crippen LogP contribution in [0.3, 0.4) is 0 Å². The van der Waals surface area contributed by atoms with Gasteiger partial charge >= 0.3 is 0 Å². The Kier molecular flexibility index (Phi) is 6.90. The number of benzene rings is 2. The Labute approximate surface area is 212 Å². The Morgan fingerprint density at radius 3 is 2.51 bits per heavy atom. The number of fused-ring (bicyclic) bond motifs is 4. The molecule has 1 saturated heterocycles. The maximum Gasteiger partial charge on any atom is 0.278 e. The average molecular weight is 508 g/mol. The number of carbonyl (C=O) groups excluding carboxylic acids is 1. The molecule has 1 fully saturated rings. The maximum atomic E-state index is 13.6. The molecule has 8 heteroatoms. The van der Waals surface area contributed by atoms with E-state index in [4.69, 9.17) is 4.52 Å². The summed E-state index contributed by atoms with van der Waals surface area (Å²) in [5, 5.41) is 2.30. The molecule has 0 spiro atoms. The maximum absolute atomic E-state index is 13.6. The minimum Gasteiger partial charge on any atom is -0.474 e. The van der Waals surface area contributed by atoms with Gasteiger partial charge in [0.2, 0.25) is 11.2 Å². The van der Waals surface area contributed by atoms with Gasteiger partial charge in [-0.1, -0.05) is 56.3 Å². The van der Waals surface area contributed by atoms with Crippen LogP contribution in [0.2, 0.25) is 0 Å². The van der Waals surface area contributed by atoms with Crippen molar-refractivity contribution in [1.29, 1.82) is 0 Å². The highest BCUT2D eigenvalue weighted by Crippen LogP contribution is 2.45. The lowest BCUT2D eigenvalue weighted by Gasteiger charge is -2.52. The van der Waals surface area contributed by atoms with E-state index in [1.165, 1.54) is 27.7 Å². The highest BCUT2D eigenvalue weighted by Gasteiger charge is 2.45. The molecule has 4 heterocycles. The van der Waals surface area contributed by atoms with Gasteiger partial charge in [0.1, 0.15) is 6.17 Å². The van der Waals surface area contributed by atoms with E-state index >= 15 is 0 Å². The number of piperidine rings is 1. The molecule has 0 saturated carbocycles. The van der Waals surface area contributed by atoms with Crippen molar-refractivity contribution >= 4 is 27.1 Å². The summed E-state index contributed by atoms with van der Waals surface area (Å²) >= 11 is 1.85. The lowest BCUT2D eigenvalue weighted by atomic mass is 9.92. The van der Waals surface area contributed by atoms with Gasteiger partial charge in [-0.2, -0.15) is 0 Å². The molecule has 1 amide bonds. The molecule has 3 aromatic rings. The lowest BCUT2D eigenvalue weighted by Crippen LogP contribution is -2.63. The minimum atomic E-state index is -0.294. The second-order valence-corrected chi connectivity index (χ2v) is 9.86. The number of hydrogen-bond donors (Lipinski definition) is 0. The quantitative estimate of drug-likeness (QED) is 0.438. The van der Waals surface area contributed by atoms with E-state index in [1.807, 2.05) is 35.2 Å². The van der Waals surface area contributed by atoms with E-state index in [2.05, 4.69) is 63.0 Å². The number of pyridine rings is 1. The summed E-state index contributed by atoms with van der Waals surface area (Å²) in [5.74, 6) is 0.823. The van der Waals surface area contributed by atoms with E-state index in [0.717, 1.165) is 25.0 Å². The van der Waals surface area contributed by atoms with Crippen molar-refractivity contribution in [3.8, 4) is 5.75 Å². The number of aromatic nitrogens is 1. The van der Waals surface area contributed by atoms with Crippen LogP contribution < -0.4 is 15.0 Å². The van der Waals surface area contributed by atoms with Gasteiger partial charge in [-0.15, -0.1) is 11.8 Å². The number of amides is 1. The van der Waals surface area contributed by atoms with Crippen LogP contribution in [0.4, 0.5) is 0 Å². The van der Waals surface area contributed by atoms with Crippen LogP contribution in [0.1, 0.15) is 66.3 Å². The van der Waals surface area contributed by atoms with Crippen molar-refractivity contribution in [3.63, 3.8) is 0 Å². The molecule has 3 aliphatic heterocycles. The third kappa shape index (κ3) is 3.95. The minimum absolute atomic E-state index is 0.0751. The molecule has 2 aromatic carbocycles. The number of carbonyl (C=O) groups is 1. The van der Waals surface area contributed by atoms with Crippen LogP contribution in [-0.4, -0.2) is 28.2 Å². The second-order valence-electron chi connectivity index (χ2n) is 8.60. The summed E-state index contributed by atoms with van der Waals surface area (Å²) in [5.41, 5.74) is 3.73. The van der Waals surface area contributed by atoms with Crippen molar-refractivity contribution in [3.05, 3.63) is 93.4 Å². The van der Waals surface area contributed by atoms with Gasteiger partial charge in [-0.25, -0.2) is 0 Å². The molecular formula is C27H30N3O3PS. The third-order valence-corrected chi connectivity index (χ3v) is 8.23. The molecule has 0 radical (unpaired) electrons. The normalized spacial score (nSPS) is 20.4. The first-order valence-corrected chi connectivity index (χ1v) is 13.7. The highest BCUT2D eigenvalue weighted by molar-refractivity contribution is 7.98. The summed E-state index contributed by atoms with van der Waals surface area (Å²) in [6.07, 6.45) is 4.52. The van der Waals surface area contributed by atoms with Gasteiger partial charge in [0.05, 0.1) is 15.5 Å². The van der Waals surface area contributed by atoms with Crippen LogP contribution in [0, 0.1) is 0 Å². The SMILES string of the molecule is CC.O=C1c2c(OP)c(=O)ccn2N([C@H]2c3ccccc3CSc3ccccc32)[C@@H]2CCCCN12. The van der Waals surface area contributed by atoms with Crippen LogP contribution in [0.25, 0.3) is 0 Å². The standard InChI is InChI=1S/C25H24N3O3PS.C2H6/c29-19-12-14-27-23(24(19)31-32)25(30)26-13-6-5-11-21(26)28(27)22-17-8-2-1-7-16(17)15-33-20-10-4-3-9-18(20)22;1-2/h1-4,7-10,12,14,21-22H,5-6,11,13,15,32H2;1-2H3/t21-,22+;/m1./s1. The molecule has 6 nitrogen and oxygen atoms in total. The summed E-state index contributed by atoms with van der Waals surface area (Å²) < 4.78 is 7.28. The Balaban J connectivity index is 0.00000124. The smallest absolute Gasteiger partial charge is 0.278 e. The van der Waals surface area contributed by atoms with Gasteiger partial charge < -0.3 is 9.42 Å². The molecule has 35 heavy (non-hydrogen) atoms. The van der Waals surface area contributed by atoms with Crippen LogP contribution in [-0.2, 0) is 5.75 Å². The molecule has 3 aliphatic rings. The zero-order valence-corrected chi connectivity index (χ0v) is 22.0. The van der Waals surface area contributed by atoms with Crippen molar-refractivity contribution in [1.82, 2.24) is 9.58 Å².